The molecule has 0 saturated carbocycles. The maximum Gasteiger partial charge on any atom is 0.344 e. The molecule has 0 unspecified atom stereocenters. The number of halogens is 2. The average molecular weight is 575 g/mol. The first-order valence-electron chi connectivity index (χ1n) is 10.1. The van der Waals surface area contributed by atoms with Crippen LogP contribution in [-0.4, -0.2) is 36.6 Å². The van der Waals surface area contributed by atoms with E-state index < -0.39 is 11.9 Å². The molecule has 1 heterocycles. The van der Waals surface area contributed by atoms with E-state index in [-0.39, 0.29) is 18.8 Å². The Morgan fingerprint density at radius 2 is 1.94 bits per heavy atom. The number of aromatic amines is 1. The van der Waals surface area contributed by atoms with Crippen molar-refractivity contribution < 1.29 is 19.1 Å². The molecule has 1 aromatic heterocycles. The lowest BCUT2D eigenvalue weighted by Gasteiger charge is -2.11. The van der Waals surface area contributed by atoms with Gasteiger partial charge in [-0.1, -0.05) is 18.2 Å². The highest BCUT2D eigenvalue weighted by molar-refractivity contribution is 9.11. The number of benzene rings is 2. The minimum atomic E-state index is -0.476. The highest BCUT2D eigenvalue weighted by Crippen LogP contribution is 2.35. The van der Waals surface area contributed by atoms with Gasteiger partial charge in [-0.15, -0.1) is 0 Å². The number of nitrogens with one attached hydrogen (secondary N) is 2. The van der Waals surface area contributed by atoms with Gasteiger partial charge in [0, 0.05) is 23.6 Å². The number of carbonyl (C=O) groups is 2. The third-order valence-electron chi connectivity index (χ3n) is 4.69. The lowest BCUT2D eigenvalue weighted by Crippen LogP contribution is -2.26. The predicted molar refractivity (Wildman–Crippen MR) is 133 cm³/mol. The number of amides is 1. The average Bonchev–Trinajstić information content (AvgIpc) is 3.20. The van der Waals surface area contributed by atoms with Crippen molar-refractivity contribution in [3.05, 3.63) is 68.2 Å². The number of carbonyl (C=O) groups excluding carboxylic acids is 2. The Balaban J connectivity index is 1.64. The number of ether oxygens (including phenoxy) is 2. The number of rotatable bonds is 9. The van der Waals surface area contributed by atoms with Gasteiger partial charge in [-0.2, -0.15) is 5.26 Å². The van der Waals surface area contributed by atoms with Crippen LogP contribution in [-0.2, 0) is 20.7 Å². The first-order chi connectivity index (χ1) is 15.9. The second-order valence-electron chi connectivity index (χ2n) is 6.94. The molecule has 0 saturated heterocycles. The van der Waals surface area contributed by atoms with Gasteiger partial charge in [0.25, 0.3) is 5.91 Å². The maximum absolute atomic E-state index is 12.5. The van der Waals surface area contributed by atoms with Gasteiger partial charge in [0.15, 0.2) is 6.61 Å². The van der Waals surface area contributed by atoms with Gasteiger partial charge in [-0.3, -0.25) is 4.79 Å². The Labute approximate surface area is 208 Å². The Morgan fingerprint density at radius 3 is 2.64 bits per heavy atom. The number of nitrogens with zero attached hydrogens (tertiary/aromatic N) is 1. The molecule has 9 heteroatoms. The number of H-pyrrole nitrogens is 1. The van der Waals surface area contributed by atoms with E-state index in [9.17, 15) is 14.9 Å². The molecule has 0 aliphatic carbocycles. The van der Waals surface area contributed by atoms with Gasteiger partial charge in [0.05, 0.1) is 15.6 Å². The summed E-state index contributed by atoms with van der Waals surface area (Å²) in [6, 6.07) is 13.3. The Hall–Kier alpha value is -3.09. The first kappa shape index (κ1) is 24.6. The van der Waals surface area contributed by atoms with E-state index in [1.807, 2.05) is 36.5 Å². The number of hydrogen-bond donors (Lipinski definition) is 2. The standard InChI is InChI=1S/C24H21Br2N3O4/c1-2-32-22(30)14-33-23-19(25)10-15(11-20(23)26)9-17(12-27)24(31)28-8-7-16-13-29-21-6-4-3-5-18(16)21/h3-6,9-11,13,29H,2,7-8,14H2,1H3,(H,28,31)/b17-9-. The number of hydrogen-bond acceptors (Lipinski definition) is 5. The SMILES string of the molecule is CCOC(=O)COc1c(Br)cc(/C=C(/C#N)C(=O)NCCc2c[nH]c3ccccc23)cc1Br. The summed E-state index contributed by atoms with van der Waals surface area (Å²) in [4.78, 5) is 27.3. The van der Waals surface area contributed by atoms with Gasteiger partial charge in [0.2, 0.25) is 0 Å². The third-order valence-corrected chi connectivity index (χ3v) is 5.87. The highest BCUT2D eigenvalue weighted by Gasteiger charge is 2.14. The fourth-order valence-corrected chi connectivity index (χ4v) is 4.64. The molecule has 2 aromatic carbocycles. The monoisotopic (exact) mass is 573 g/mol. The normalized spacial score (nSPS) is 11.2. The van der Waals surface area contributed by atoms with E-state index in [1.165, 1.54) is 6.08 Å². The lowest BCUT2D eigenvalue weighted by atomic mass is 10.1. The molecule has 0 bridgehead atoms. The zero-order valence-electron chi connectivity index (χ0n) is 17.8. The van der Waals surface area contributed by atoms with Crippen LogP contribution in [0.2, 0.25) is 0 Å². The van der Waals surface area contributed by atoms with Crippen molar-refractivity contribution in [2.45, 2.75) is 13.3 Å². The van der Waals surface area contributed by atoms with Crippen molar-refractivity contribution in [1.29, 1.82) is 5.26 Å². The molecular formula is C24H21Br2N3O4. The molecule has 2 N–H and O–H groups in total. The number of fused-ring (bicyclic) bond motifs is 1. The van der Waals surface area contributed by atoms with Gasteiger partial charge < -0.3 is 19.8 Å². The summed E-state index contributed by atoms with van der Waals surface area (Å²) in [6.45, 7) is 2.15. The molecule has 0 fully saturated rings. The van der Waals surface area contributed by atoms with Crippen LogP contribution in [0.1, 0.15) is 18.1 Å². The minimum Gasteiger partial charge on any atom is -0.480 e. The molecule has 0 spiro atoms. The van der Waals surface area contributed by atoms with Crippen LogP contribution in [0.25, 0.3) is 17.0 Å². The quantitative estimate of drug-likeness (QED) is 0.215. The molecular weight excluding hydrogens is 554 g/mol. The van der Waals surface area contributed by atoms with Crippen LogP contribution in [0, 0.1) is 11.3 Å². The number of nitriles is 1. The van der Waals surface area contributed by atoms with Crippen molar-refractivity contribution in [2.24, 2.45) is 0 Å². The smallest absolute Gasteiger partial charge is 0.344 e. The van der Waals surface area contributed by atoms with Gasteiger partial charge in [-0.25, -0.2) is 4.79 Å². The van der Waals surface area contributed by atoms with Crippen molar-refractivity contribution in [3.63, 3.8) is 0 Å². The fraction of sp³-hybridized carbons (Fsp3) is 0.208. The molecule has 1 amide bonds. The first-order valence-corrected chi connectivity index (χ1v) is 11.7. The van der Waals surface area contributed by atoms with Crippen LogP contribution < -0.4 is 10.1 Å². The van der Waals surface area contributed by atoms with Crippen molar-refractivity contribution in [2.75, 3.05) is 19.8 Å². The minimum absolute atomic E-state index is 0.0204. The van der Waals surface area contributed by atoms with Crippen LogP contribution in [0.15, 0.2) is 57.1 Å². The summed E-state index contributed by atoms with van der Waals surface area (Å²) in [5.41, 5.74) is 2.73. The van der Waals surface area contributed by atoms with Gasteiger partial charge in [0.1, 0.15) is 17.4 Å². The molecule has 33 heavy (non-hydrogen) atoms. The predicted octanol–water partition coefficient (Wildman–Crippen LogP) is 4.90. The van der Waals surface area contributed by atoms with Crippen molar-refractivity contribution >= 4 is 60.7 Å². The van der Waals surface area contributed by atoms with E-state index in [4.69, 9.17) is 9.47 Å². The molecule has 3 rings (SSSR count). The summed E-state index contributed by atoms with van der Waals surface area (Å²) >= 11 is 6.79. The van der Waals surface area contributed by atoms with Crippen LogP contribution >= 0.6 is 31.9 Å². The Kier molecular flexibility index (Phi) is 8.69. The molecule has 170 valence electrons. The van der Waals surface area contributed by atoms with Gasteiger partial charge >= 0.3 is 5.97 Å². The van der Waals surface area contributed by atoms with E-state index in [1.54, 1.807) is 19.1 Å². The largest absolute Gasteiger partial charge is 0.480 e. The van der Waals surface area contributed by atoms with Crippen molar-refractivity contribution in [1.82, 2.24) is 10.3 Å². The number of aromatic nitrogens is 1. The zero-order chi connectivity index (χ0) is 23.8. The summed E-state index contributed by atoms with van der Waals surface area (Å²) < 4.78 is 11.5. The molecule has 3 aromatic rings. The fourth-order valence-electron chi connectivity index (χ4n) is 3.19. The third kappa shape index (κ3) is 6.46. The van der Waals surface area contributed by atoms with Crippen molar-refractivity contribution in [3.8, 4) is 11.8 Å². The van der Waals surface area contributed by atoms with E-state index >= 15 is 0 Å². The highest BCUT2D eigenvalue weighted by atomic mass is 79.9. The Morgan fingerprint density at radius 1 is 1.21 bits per heavy atom. The Bertz CT molecular complexity index is 1220. The zero-order valence-corrected chi connectivity index (χ0v) is 21.0. The summed E-state index contributed by atoms with van der Waals surface area (Å²) in [7, 11) is 0. The van der Waals surface area contributed by atoms with Crippen LogP contribution in [0.4, 0.5) is 0 Å². The summed E-state index contributed by atoms with van der Waals surface area (Å²) in [6.07, 6.45) is 4.06. The van der Waals surface area contributed by atoms with E-state index in [0.717, 1.165) is 16.5 Å². The van der Waals surface area contributed by atoms with Crippen LogP contribution in [0.5, 0.6) is 5.75 Å². The van der Waals surface area contributed by atoms with E-state index in [0.29, 0.717) is 33.2 Å². The van der Waals surface area contributed by atoms with E-state index in [2.05, 4.69) is 42.2 Å². The summed E-state index contributed by atoms with van der Waals surface area (Å²) in [5, 5.41) is 13.4. The molecule has 7 nitrogen and oxygen atoms in total. The number of esters is 1. The second-order valence-corrected chi connectivity index (χ2v) is 8.65. The molecule has 0 radical (unpaired) electrons. The topological polar surface area (TPSA) is 104 Å². The molecule has 0 atom stereocenters. The maximum atomic E-state index is 12.5. The second kappa shape index (κ2) is 11.7. The number of para-hydroxylation sites is 1. The van der Waals surface area contributed by atoms with Gasteiger partial charge in [-0.05, 0) is 80.6 Å². The van der Waals surface area contributed by atoms with Crippen LogP contribution in [0.3, 0.4) is 0 Å². The molecule has 0 aliphatic heterocycles. The summed E-state index contributed by atoms with van der Waals surface area (Å²) in [5.74, 6) is -0.509. The molecule has 0 aliphatic rings. The lowest BCUT2D eigenvalue weighted by molar-refractivity contribution is -0.145.